The molecule has 4 atom stereocenters. The topological polar surface area (TPSA) is 302 Å². The van der Waals surface area contributed by atoms with Gasteiger partial charge in [-0.3, -0.25) is 14.4 Å². The number of aliphatic hydroxyl groups is 1. The first-order valence-electron chi connectivity index (χ1n) is 28.7. The number of nitrogens with one attached hydrogen (secondary N) is 2. The second kappa shape index (κ2) is 29.4. The van der Waals surface area contributed by atoms with Crippen LogP contribution in [0.3, 0.4) is 0 Å². The van der Waals surface area contributed by atoms with Crippen molar-refractivity contribution in [3.05, 3.63) is 125 Å². The fraction of sp³-hybridized carbons (Fsp3) is 0.426. The number of para-hydroxylation sites is 1. The number of fused-ring (bicyclic) bond motifs is 1. The maximum absolute atomic E-state index is 14.0. The Hall–Kier alpha value is -8.67. The lowest BCUT2D eigenvalue weighted by atomic mass is 9.85. The average molecular weight is 1190 g/mol. The molecule has 0 radical (unpaired) electrons. The smallest absolute Gasteiger partial charge is 0.407 e. The third kappa shape index (κ3) is 16.2. The summed E-state index contributed by atoms with van der Waals surface area (Å²) in [5, 5.41) is 40.3. The largest absolute Gasteiger partial charge is 0.457 e. The van der Waals surface area contributed by atoms with E-state index in [0.29, 0.717) is 92.7 Å². The number of carbonyl (C=O) groups excluding carboxylic acids is 4. The minimum absolute atomic E-state index is 0.0493. The molecule has 3 aromatic carbocycles. The van der Waals surface area contributed by atoms with Crippen molar-refractivity contribution in [2.75, 3.05) is 71.6 Å². The normalized spacial score (nSPS) is 16.7. The highest BCUT2D eigenvalue weighted by Gasteiger charge is 2.45. The molecular weight excluding hydrogens is 1120 g/mol. The number of β-amino-alcohol motifs (C(OH)–C–C–N with tert-alkyl or cyclic N) is 1. The summed E-state index contributed by atoms with van der Waals surface area (Å²) in [5.74, 6) is 0.451. The SMILES string of the molecule is Cc1ncsc1-c1ccc(CNC(=O)[C@@H]2C[C@@H](O)CN2C(=O)[C@@H](NC(=O)OCCOCCOCCOCCn2cc(CC/C=C(/C#N)C(=O)N3CCC[C@@H](n4nc(-c5ccc(Oc6ccccc6)cc5)c5c(N)ncnc54)C3)nn2)C(C)(C)C)cc1. The Morgan fingerprint density at radius 3 is 2.31 bits per heavy atom. The minimum Gasteiger partial charge on any atom is -0.457 e. The molecule has 0 aliphatic carbocycles. The van der Waals surface area contributed by atoms with E-state index in [-0.39, 0.29) is 63.5 Å². The molecule has 2 aliphatic rings. The number of allylic oxidation sites excluding steroid dienone is 1. The van der Waals surface area contributed by atoms with E-state index in [4.69, 9.17) is 34.5 Å². The Bertz CT molecular complexity index is 3490. The molecule has 24 nitrogen and oxygen atoms in total. The van der Waals surface area contributed by atoms with Gasteiger partial charge in [-0.25, -0.2) is 29.1 Å². The summed E-state index contributed by atoms with van der Waals surface area (Å²) in [6, 6.07) is 24.8. The standard InChI is InChI=1S/C61H72N14O10S/c1-40-53(86-39-67-40)43-17-15-41(16-18-43)34-64-57(77)50-32-47(76)37-74(50)59(79)54(61(2,3)4)68-60(80)84-31-30-83-29-28-82-27-26-81-25-24-73-35-45(69-71-73)11-8-10-44(33-62)58(78)72-23-9-12-46(36-72)75-56-51(55(63)65-38-66-56)52(70-75)42-19-21-49(22-20-42)85-48-13-6-5-7-14-48/h5-7,10,13-22,35,38-39,46-47,50,54,76H,8-9,11-12,23-32,34,36-37H2,1-4H3,(H,64,77)(H,68,80)(H2,63,65,66)/b44-10-/t46-,47-,50+,54-/m1/s1. The van der Waals surface area contributed by atoms with E-state index < -0.39 is 41.5 Å². The quantitative estimate of drug-likeness (QED) is 0.0252. The van der Waals surface area contributed by atoms with Gasteiger partial charge in [0.1, 0.15) is 59.7 Å². The van der Waals surface area contributed by atoms with Crippen molar-refractivity contribution in [3.8, 4) is 39.3 Å². The number of thiazole rings is 1. The van der Waals surface area contributed by atoms with Gasteiger partial charge in [0.25, 0.3) is 5.91 Å². The molecule has 2 fully saturated rings. The number of nitrogens with two attached hydrogens (primary N) is 1. The van der Waals surface area contributed by atoms with E-state index >= 15 is 0 Å². The van der Waals surface area contributed by atoms with Gasteiger partial charge in [0.2, 0.25) is 11.8 Å². The van der Waals surface area contributed by atoms with Gasteiger partial charge < -0.3 is 55.0 Å². The highest BCUT2D eigenvalue weighted by molar-refractivity contribution is 7.13. The maximum atomic E-state index is 14.0. The van der Waals surface area contributed by atoms with E-state index in [1.807, 2.05) is 96.7 Å². The molecule has 7 aromatic rings. The molecule has 2 saturated heterocycles. The number of hydrogen-bond donors (Lipinski definition) is 4. The number of carbonyl (C=O) groups is 4. The molecular formula is C61H72N14O10S. The van der Waals surface area contributed by atoms with Crippen molar-refractivity contribution >= 4 is 52.0 Å². The Morgan fingerprint density at radius 2 is 1.60 bits per heavy atom. The molecule has 0 spiro atoms. The molecule has 0 bridgehead atoms. The Balaban J connectivity index is 0.631. The number of hydrogen-bond acceptors (Lipinski definition) is 19. The first-order chi connectivity index (χ1) is 41.6. The summed E-state index contributed by atoms with van der Waals surface area (Å²) in [7, 11) is 0. The molecule has 5 N–H and O–H groups in total. The minimum atomic E-state index is -1.05. The van der Waals surface area contributed by atoms with Crippen molar-refractivity contribution < 1.29 is 48.0 Å². The maximum Gasteiger partial charge on any atom is 0.407 e. The van der Waals surface area contributed by atoms with Crippen LogP contribution in [0.2, 0.25) is 0 Å². The second-order valence-electron chi connectivity index (χ2n) is 22.0. The van der Waals surface area contributed by atoms with Crippen molar-refractivity contribution in [2.24, 2.45) is 5.41 Å². The highest BCUT2D eigenvalue weighted by Crippen LogP contribution is 2.36. The van der Waals surface area contributed by atoms with Gasteiger partial charge in [-0.05, 0) is 85.5 Å². The Kier molecular flexibility index (Phi) is 21.2. The number of nitriles is 1. The van der Waals surface area contributed by atoms with E-state index in [1.54, 1.807) is 53.3 Å². The van der Waals surface area contributed by atoms with E-state index in [1.165, 1.54) is 11.2 Å². The third-order valence-electron chi connectivity index (χ3n) is 14.7. The van der Waals surface area contributed by atoms with Crippen LogP contribution >= 0.6 is 11.3 Å². The number of nitrogen functional groups attached to an aromatic ring is 1. The molecule has 4 aromatic heterocycles. The number of likely N-dealkylation sites (tertiary alicyclic amines) is 2. The summed E-state index contributed by atoms with van der Waals surface area (Å²) in [4.78, 5) is 71.4. The number of aromatic nitrogens is 8. The molecule has 6 heterocycles. The lowest BCUT2D eigenvalue weighted by Gasteiger charge is -2.35. The summed E-state index contributed by atoms with van der Waals surface area (Å²) >= 11 is 1.56. The number of piperidine rings is 1. The van der Waals surface area contributed by atoms with E-state index in [0.717, 1.165) is 39.4 Å². The van der Waals surface area contributed by atoms with E-state index in [9.17, 15) is 29.5 Å². The van der Waals surface area contributed by atoms with Crippen LogP contribution in [0.25, 0.3) is 32.7 Å². The number of amides is 4. The summed E-state index contributed by atoms with van der Waals surface area (Å²) < 4.78 is 31.7. The van der Waals surface area contributed by atoms with Gasteiger partial charge >= 0.3 is 6.09 Å². The van der Waals surface area contributed by atoms with Crippen molar-refractivity contribution in [1.82, 2.24) is 60.2 Å². The first kappa shape index (κ1) is 61.9. The van der Waals surface area contributed by atoms with Crippen molar-refractivity contribution in [1.29, 1.82) is 5.26 Å². The highest BCUT2D eigenvalue weighted by atomic mass is 32.1. The third-order valence-corrected chi connectivity index (χ3v) is 15.7. The zero-order chi connectivity index (χ0) is 60.6. The molecule has 0 saturated carbocycles. The predicted molar refractivity (Wildman–Crippen MR) is 319 cm³/mol. The number of benzene rings is 3. The molecule has 2 aliphatic heterocycles. The van der Waals surface area contributed by atoms with Crippen LogP contribution in [0.4, 0.5) is 10.6 Å². The number of aryl methyl sites for hydroxylation is 2. The predicted octanol–water partition coefficient (Wildman–Crippen LogP) is 6.61. The molecule has 0 unspecified atom stereocenters. The van der Waals surface area contributed by atoms with Crippen LogP contribution in [0.15, 0.2) is 109 Å². The van der Waals surface area contributed by atoms with Gasteiger partial charge in [0, 0.05) is 44.4 Å². The number of ether oxygens (including phenoxy) is 5. The number of alkyl carbamates (subject to hydrolysis) is 1. The van der Waals surface area contributed by atoms with Crippen LogP contribution in [0.5, 0.6) is 11.5 Å². The van der Waals surface area contributed by atoms with Crippen molar-refractivity contribution in [2.45, 2.75) is 97.1 Å². The Morgan fingerprint density at radius 1 is 0.895 bits per heavy atom. The molecule has 452 valence electrons. The summed E-state index contributed by atoms with van der Waals surface area (Å²) in [6.45, 7) is 10.4. The average Bonchev–Trinajstić information content (AvgIpc) is 2.19. The zero-order valence-electron chi connectivity index (χ0n) is 48.7. The second-order valence-corrected chi connectivity index (χ2v) is 22.8. The van der Waals surface area contributed by atoms with Gasteiger partial charge in [-0.1, -0.05) is 74.5 Å². The van der Waals surface area contributed by atoms with Gasteiger partial charge in [0.05, 0.1) is 85.5 Å². The number of anilines is 1. The fourth-order valence-corrected chi connectivity index (χ4v) is 11.0. The number of aliphatic hydroxyl groups excluding tert-OH is 1. The van der Waals surface area contributed by atoms with Crippen LogP contribution in [0.1, 0.15) is 69.4 Å². The van der Waals surface area contributed by atoms with Crippen LogP contribution < -0.4 is 21.1 Å². The fourth-order valence-electron chi connectivity index (χ4n) is 10.2. The Labute approximate surface area is 502 Å². The summed E-state index contributed by atoms with van der Waals surface area (Å²) in [6.07, 6.45) is 5.55. The lowest BCUT2D eigenvalue weighted by Crippen LogP contribution is -2.57. The van der Waals surface area contributed by atoms with Crippen molar-refractivity contribution in [3.63, 3.8) is 0 Å². The number of nitrogens with zero attached hydrogens (tertiary/aromatic N) is 11. The van der Waals surface area contributed by atoms with Gasteiger partial charge in [0.15, 0.2) is 5.65 Å². The monoisotopic (exact) mass is 1190 g/mol. The molecule has 86 heavy (non-hydrogen) atoms. The first-order valence-corrected chi connectivity index (χ1v) is 29.5. The van der Waals surface area contributed by atoms with Crippen LogP contribution in [-0.2, 0) is 52.8 Å². The van der Waals surface area contributed by atoms with Crippen LogP contribution in [0, 0.1) is 23.7 Å². The van der Waals surface area contributed by atoms with Gasteiger partial charge in [-0.2, -0.15) is 10.4 Å². The van der Waals surface area contributed by atoms with Crippen LogP contribution in [-0.4, -0.2) is 163 Å². The number of rotatable bonds is 26. The molecule has 25 heteroatoms. The van der Waals surface area contributed by atoms with Gasteiger partial charge in [-0.15, -0.1) is 16.4 Å². The van der Waals surface area contributed by atoms with E-state index in [2.05, 4.69) is 42.0 Å². The molecule has 9 rings (SSSR count). The zero-order valence-corrected chi connectivity index (χ0v) is 49.5. The summed E-state index contributed by atoms with van der Waals surface area (Å²) in [5.41, 5.74) is 13.1. The molecule has 4 amide bonds. The lowest BCUT2D eigenvalue weighted by molar-refractivity contribution is -0.142.